The molecule has 10 nitrogen and oxygen atoms in total. The number of nitrogens with zero attached hydrogens (tertiary/aromatic N) is 3. The molecule has 4 heterocycles. The topological polar surface area (TPSA) is 131 Å². The fourth-order valence-electron chi connectivity index (χ4n) is 4.96. The van der Waals surface area contributed by atoms with Crippen LogP contribution in [0.25, 0.3) is 10.9 Å². The van der Waals surface area contributed by atoms with Crippen LogP contribution in [-0.4, -0.2) is 87.0 Å². The van der Waals surface area contributed by atoms with Gasteiger partial charge in [0.15, 0.2) is 5.01 Å². The van der Waals surface area contributed by atoms with Gasteiger partial charge in [0.25, 0.3) is 17.7 Å². The minimum absolute atomic E-state index is 0.148. The van der Waals surface area contributed by atoms with Crippen molar-refractivity contribution in [1.29, 1.82) is 0 Å². The fourth-order valence-corrected chi connectivity index (χ4v) is 6.24. The van der Waals surface area contributed by atoms with Crippen LogP contribution in [0.3, 0.4) is 0 Å². The van der Waals surface area contributed by atoms with Crippen molar-refractivity contribution in [1.82, 2.24) is 30.4 Å². The van der Waals surface area contributed by atoms with Crippen LogP contribution in [0.5, 0.6) is 0 Å². The Kier molecular flexibility index (Phi) is 7.21. The highest BCUT2D eigenvalue weighted by atomic mass is 35.5. The van der Waals surface area contributed by atoms with Gasteiger partial charge in [0.1, 0.15) is 11.3 Å². The number of aromatic amines is 1. The Morgan fingerprint density at radius 2 is 1.92 bits per heavy atom. The van der Waals surface area contributed by atoms with Crippen molar-refractivity contribution in [2.24, 2.45) is 0 Å². The number of rotatable bonds is 5. The molecule has 5 rings (SSSR count). The lowest BCUT2D eigenvalue weighted by atomic mass is 9.96. The van der Waals surface area contributed by atoms with Crippen LogP contribution in [0.2, 0.25) is 5.02 Å². The number of carbonyl (C=O) groups is 3. The lowest BCUT2D eigenvalue weighted by molar-refractivity contribution is -0.149. The number of fused-ring (bicyclic) bond motifs is 2. The zero-order valence-corrected chi connectivity index (χ0v) is 23.1. The molecule has 1 aromatic carbocycles. The molecule has 4 N–H and O–H groups in total. The van der Waals surface area contributed by atoms with Gasteiger partial charge in [0.2, 0.25) is 0 Å². The first kappa shape index (κ1) is 26.6. The van der Waals surface area contributed by atoms with E-state index in [1.807, 2.05) is 13.1 Å². The Morgan fingerprint density at radius 1 is 1.16 bits per heavy atom. The molecule has 1 fully saturated rings. The summed E-state index contributed by atoms with van der Waals surface area (Å²) in [6.45, 7) is 5.01. The number of carbonyl (C=O) groups excluding carboxylic acids is 3. The Morgan fingerprint density at radius 3 is 2.68 bits per heavy atom. The Bertz CT molecular complexity index is 1400. The molecular formula is C26H31ClN6O4S. The molecule has 2 aromatic heterocycles. The van der Waals surface area contributed by atoms with Gasteiger partial charge in [0, 0.05) is 53.4 Å². The summed E-state index contributed by atoms with van der Waals surface area (Å²) in [7, 11) is 2.04. The number of hydrogen-bond acceptors (Lipinski definition) is 7. The monoisotopic (exact) mass is 558 g/mol. The van der Waals surface area contributed by atoms with Crippen molar-refractivity contribution in [3.63, 3.8) is 0 Å². The fraction of sp³-hybridized carbons (Fsp3) is 0.462. The Balaban J connectivity index is 1.35. The van der Waals surface area contributed by atoms with Gasteiger partial charge in [-0.05, 0) is 51.6 Å². The summed E-state index contributed by atoms with van der Waals surface area (Å²) in [6, 6.07) is 6.05. The van der Waals surface area contributed by atoms with Crippen LogP contribution in [0.4, 0.5) is 0 Å². The minimum Gasteiger partial charge on any atom is -0.381 e. The summed E-state index contributed by atoms with van der Waals surface area (Å²) < 4.78 is 0. The van der Waals surface area contributed by atoms with Gasteiger partial charge in [-0.1, -0.05) is 11.6 Å². The summed E-state index contributed by atoms with van der Waals surface area (Å²) in [5, 5.41) is 18.1. The predicted molar refractivity (Wildman–Crippen MR) is 145 cm³/mol. The van der Waals surface area contributed by atoms with Gasteiger partial charge in [-0.2, -0.15) is 0 Å². The van der Waals surface area contributed by atoms with E-state index in [4.69, 9.17) is 11.6 Å². The van der Waals surface area contributed by atoms with Crippen LogP contribution < -0.4 is 10.6 Å². The van der Waals surface area contributed by atoms with Crippen LogP contribution in [0.15, 0.2) is 24.3 Å². The number of aliphatic hydroxyl groups is 1. The van der Waals surface area contributed by atoms with Crippen molar-refractivity contribution in [2.45, 2.75) is 50.9 Å². The quantitative estimate of drug-likeness (QED) is 0.380. The molecule has 1 saturated heterocycles. The molecule has 12 heteroatoms. The van der Waals surface area contributed by atoms with Crippen LogP contribution in [0.1, 0.15) is 51.1 Å². The number of nitrogens with one attached hydrogen (secondary N) is 3. The maximum atomic E-state index is 13.3. The van der Waals surface area contributed by atoms with E-state index in [-0.39, 0.29) is 18.4 Å². The normalized spacial score (nSPS) is 20.3. The smallest absolute Gasteiger partial charge is 0.280 e. The highest BCUT2D eigenvalue weighted by Crippen LogP contribution is 2.25. The third-order valence-corrected chi connectivity index (χ3v) is 8.32. The molecular weight excluding hydrogens is 528 g/mol. The second-order valence-corrected chi connectivity index (χ2v) is 12.1. The number of H-pyrrole nitrogens is 1. The average molecular weight is 559 g/mol. The first-order valence-electron chi connectivity index (χ1n) is 12.6. The number of hydrogen-bond donors (Lipinski definition) is 4. The molecule has 0 aliphatic carbocycles. The van der Waals surface area contributed by atoms with Gasteiger partial charge in [-0.15, -0.1) is 11.3 Å². The Hall–Kier alpha value is -2.99. The molecule has 2 unspecified atom stereocenters. The highest BCUT2D eigenvalue weighted by molar-refractivity contribution is 7.13. The molecule has 0 bridgehead atoms. The summed E-state index contributed by atoms with van der Waals surface area (Å²) in [6.07, 6.45) is 1.20. The van der Waals surface area contributed by atoms with Crippen LogP contribution >= 0.6 is 22.9 Å². The van der Waals surface area contributed by atoms with E-state index in [2.05, 4.69) is 25.5 Å². The molecule has 2 aliphatic rings. The number of aromatic nitrogens is 2. The van der Waals surface area contributed by atoms with Crippen molar-refractivity contribution in [3.8, 4) is 0 Å². The molecule has 0 spiro atoms. The van der Waals surface area contributed by atoms with Gasteiger partial charge in [-0.25, -0.2) is 4.98 Å². The third kappa shape index (κ3) is 5.56. The van der Waals surface area contributed by atoms with Gasteiger partial charge >= 0.3 is 0 Å². The van der Waals surface area contributed by atoms with E-state index in [0.717, 1.165) is 41.0 Å². The van der Waals surface area contributed by atoms with Crippen molar-refractivity contribution < 1.29 is 19.5 Å². The number of piperidine rings is 1. The lowest BCUT2D eigenvalue weighted by Crippen LogP contribution is -2.63. The van der Waals surface area contributed by atoms with Crippen LogP contribution in [0, 0.1) is 0 Å². The molecule has 0 saturated carbocycles. The molecule has 3 amide bonds. The summed E-state index contributed by atoms with van der Waals surface area (Å²) in [5.41, 5.74) is 0.563. The maximum Gasteiger partial charge on any atom is 0.280 e. The van der Waals surface area contributed by atoms with Gasteiger partial charge in [-0.3, -0.25) is 14.4 Å². The van der Waals surface area contributed by atoms with Crippen molar-refractivity contribution in [3.05, 3.63) is 50.6 Å². The molecule has 3 aromatic rings. The lowest BCUT2D eigenvalue weighted by Gasteiger charge is -2.40. The third-order valence-electron chi connectivity index (χ3n) is 7.00. The van der Waals surface area contributed by atoms with Crippen molar-refractivity contribution >= 4 is 51.6 Å². The molecule has 0 radical (unpaired) electrons. The standard InChI is InChI=1S/C26H31ClN6O4S/c1-26(2,37)25(36)33-9-7-17(29-22(34)19-11-14-10-15(27)4-5-16(14)28-19)20(12-33)30-23(35)24-31-18-6-8-32(3)13-21(18)38-24/h4-5,10-11,17,20,28,37H,6-9,12-13H2,1-3H3,(H,29,34)(H,30,35). The van der Waals surface area contributed by atoms with E-state index in [9.17, 15) is 19.5 Å². The minimum atomic E-state index is -1.54. The number of thiazole rings is 1. The first-order chi connectivity index (χ1) is 18.0. The van der Waals surface area contributed by atoms with Crippen LogP contribution in [-0.2, 0) is 17.8 Å². The number of likely N-dealkylation sites (tertiary alicyclic amines) is 1. The highest BCUT2D eigenvalue weighted by Gasteiger charge is 2.38. The maximum absolute atomic E-state index is 13.3. The zero-order valence-electron chi connectivity index (χ0n) is 21.5. The predicted octanol–water partition coefficient (Wildman–Crippen LogP) is 2.17. The van der Waals surface area contributed by atoms with Crippen molar-refractivity contribution in [2.75, 3.05) is 26.7 Å². The molecule has 38 heavy (non-hydrogen) atoms. The van der Waals surface area contributed by atoms with E-state index >= 15 is 0 Å². The number of amides is 3. The molecule has 202 valence electrons. The zero-order chi connectivity index (χ0) is 27.2. The summed E-state index contributed by atoms with van der Waals surface area (Å²) in [4.78, 5) is 51.7. The second kappa shape index (κ2) is 10.3. The van der Waals surface area contributed by atoms with Gasteiger partial charge in [0.05, 0.1) is 17.8 Å². The second-order valence-electron chi connectivity index (χ2n) is 10.6. The van der Waals surface area contributed by atoms with E-state index in [1.54, 1.807) is 18.2 Å². The molecule has 2 atom stereocenters. The molecule has 2 aliphatic heterocycles. The summed E-state index contributed by atoms with van der Waals surface area (Å²) in [5.74, 6) is -1.09. The average Bonchev–Trinajstić information content (AvgIpc) is 3.47. The largest absolute Gasteiger partial charge is 0.381 e. The SMILES string of the molecule is CN1CCc2nc(C(=O)NC3CN(C(=O)C(C)(C)O)CCC3NC(=O)c3cc4cc(Cl)ccc4[nH]3)sc2C1. The number of halogens is 1. The van der Waals surface area contributed by atoms with E-state index in [0.29, 0.717) is 28.7 Å². The van der Waals surface area contributed by atoms with Gasteiger partial charge < -0.3 is 30.5 Å². The number of benzene rings is 1. The number of likely N-dealkylation sites (N-methyl/N-ethyl adjacent to an activating group) is 1. The van der Waals surface area contributed by atoms with E-state index in [1.165, 1.54) is 30.1 Å². The Labute approximate surface area is 229 Å². The van der Waals surface area contributed by atoms with E-state index < -0.39 is 23.6 Å². The summed E-state index contributed by atoms with van der Waals surface area (Å²) >= 11 is 7.46. The first-order valence-corrected chi connectivity index (χ1v) is 13.8.